The summed E-state index contributed by atoms with van der Waals surface area (Å²) in [5.41, 5.74) is 0.330. The van der Waals surface area contributed by atoms with E-state index in [0.29, 0.717) is 12.1 Å². The molecular weight excluding hydrogens is 347 g/mol. The van der Waals surface area contributed by atoms with Gasteiger partial charge in [-0.2, -0.15) is 0 Å². The number of hydrogen-bond acceptors (Lipinski definition) is 2. The summed E-state index contributed by atoms with van der Waals surface area (Å²) in [6.07, 6.45) is 0. The maximum absolute atomic E-state index is 13.8. The van der Waals surface area contributed by atoms with Crippen molar-refractivity contribution in [2.24, 2.45) is 0 Å². The predicted octanol–water partition coefficient (Wildman–Crippen LogP) is 4.16. The van der Waals surface area contributed by atoms with Crippen LogP contribution in [0.3, 0.4) is 0 Å². The fraction of sp³-hybridized carbons (Fsp3) is 0.200. The molecule has 0 aliphatic rings. The molecule has 21 heavy (non-hydrogen) atoms. The van der Waals surface area contributed by atoms with E-state index in [1.54, 1.807) is 19.2 Å². The fourth-order valence-electron chi connectivity index (χ4n) is 1.89. The van der Waals surface area contributed by atoms with Gasteiger partial charge in [0.25, 0.3) is 0 Å². The van der Waals surface area contributed by atoms with Crippen molar-refractivity contribution in [3.63, 3.8) is 0 Å². The first kappa shape index (κ1) is 15.9. The standard InChI is InChI=1S/C15H13BrF3NO/c1-20-7-9-3-2-4-13(18)15(9)21-8-10-12(17)6-5-11(16)14(10)19/h2-6,20H,7-8H2,1H3. The van der Waals surface area contributed by atoms with Crippen molar-refractivity contribution < 1.29 is 17.9 Å². The zero-order valence-electron chi connectivity index (χ0n) is 11.2. The van der Waals surface area contributed by atoms with Gasteiger partial charge in [-0.3, -0.25) is 0 Å². The van der Waals surface area contributed by atoms with Gasteiger partial charge in [0, 0.05) is 12.1 Å². The number of ether oxygens (including phenoxy) is 1. The van der Waals surface area contributed by atoms with Crippen LogP contribution in [0, 0.1) is 17.5 Å². The second kappa shape index (κ2) is 6.95. The van der Waals surface area contributed by atoms with Crippen molar-refractivity contribution in [2.45, 2.75) is 13.2 Å². The lowest BCUT2D eigenvalue weighted by Gasteiger charge is -2.13. The molecule has 1 N–H and O–H groups in total. The Morgan fingerprint density at radius 2 is 1.86 bits per heavy atom. The molecule has 0 aliphatic heterocycles. The minimum atomic E-state index is -0.749. The third-order valence-corrected chi connectivity index (χ3v) is 3.53. The van der Waals surface area contributed by atoms with Crippen LogP contribution in [0.4, 0.5) is 13.2 Å². The summed E-state index contributed by atoms with van der Waals surface area (Å²) in [7, 11) is 1.71. The van der Waals surface area contributed by atoms with Gasteiger partial charge in [0.15, 0.2) is 11.6 Å². The average Bonchev–Trinajstić information content (AvgIpc) is 2.46. The summed E-state index contributed by atoms with van der Waals surface area (Å²) < 4.78 is 46.7. The van der Waals surface area contributed by atoms with Gasteiger partial charge in [-0.1, -0.05) is 12.1 Å². The van der Waals surface area contributed by atoms with Gasteiger partial charge in [-0.25, -0.2) is 13.2 Å². The molecule has 0 amide bonds. The molecule has 0 atom stereocenters. The van der Waals surface area contributed by atoms with E-state index in [9.17, 15) is 13.2 Å². The SMILES string of the molecule is CNCc1cccc(F)c1OCc1c(F)ccc(Br)c1F. The Hall–Kier alpha value is -1.53. The zero-order chi connectivity index (χ0) is 15.4. The van der Waals surface area contributed by atoms with E-state index in [0.717, 1.165) is 6.07 Å². The van der Waals surface area contributed by atoms with Crippen LogP contribution in [-0.2, 0) is 13.2 Å². The summed E-state index contributed by atoms with van der Waals surface area (Å²) in [5, 5.41) is 2.88. The first-order chi connectivity index (χ1) is 10.0. The smallest absolute Gasteiger partial charge is 0.165 e. The Morgan fingerprint density at radius 1 is 1.10 bits per heavy atom. The van der Waals surface area contributed by atoms with E-state index in [-0.39, 0.29) is 15.8 Å². The van der Waals surface area contributed by atoms with Gasteiger partial charge in [0.2, 0.25) is 0 Å². The largest absolute Gasteiger partial charge is 0.485 e. The molecule has 0 spiro atoms. The third-order valence-electron chi connectivity index (χ3n) is 2.92. The Morgan fingerprint density at radius 3 is 2.57 bits per heavy atom. The lowest BCUT2D eigenvalue weighted by atomic mass is 10.2. The van der Waals surface area contributed by atoms with Crippen molar-refractivity contribution in [1.29, 1.82) is 0 Å². The van der Waals surface area contributed by atoms with Crippen molar-refractivity contribution >= 4 is 15.9 Å². The number of rotatable bonds is 5. The molecule has 2 rings (SSSR count). The maximum atomic E-state index is 13.8. The van der Waals surface area contributed by atoms with E-state index in [2.05, 4.69) is 21.2 Å². The molecule has 0 bridgehead atoms. The molecule has 112 valence electrons. The van der Waals surface area contributed by atoms with Crippen LogP contribution < -0.4 is 10.1 Å². The normalized spacial score (nSPS) is 10.7. The van der Waals surface area contributed by atoms with Crippen molar-refractivity contribution in [2.75, 3.05) is 7.05 Å². The Labute approximate surface area is 129 Å². The van der Waals surface area contributed by atoms with E-state index in [1.807, 2.05) is 0 Å². The summed E-state index contributed by atoms with van der Waals surface area (Å²) in [6, 6.07) is 6.87. The van der Waals surface area contributed by atoms with E-state index < -0.39 is 24.1 Å². The van der Waals surface area contributed by atoms with E-state index in [1.165, 1.54) is 12.1 Å². The van der Waals surface area contributed by atoms with Crippen LogP contribution >= 0.6 is 15.9 Å². The molecule has 0 unspecified atom stereocenters. The summed E-state index contributed by atoms with van der Waals surface area (Å²) >= 11 is 2.98. The molecule has 0 heterocycles. The van der Waals surface area contributed by atoms with Gasteiger partial charge in [0.1, 0.15) is 18.2 Å². The Balaban J connectivity index is 2.27. The second-order valence-corrected chi connectivity index (χ2v) is 5.22. The van der Waals surface area contributed by atoms with Crippen molar-refractivity contribution in [3.8, 4) is 5.75 Å². The lowest BCUT2D eigenvalue weighted by Crippen LogP contribution is -2.10. The maximum Gasteiger partial charge on any atom is 0.165 e. The summed E-state index contributed by atoms with van der Waals surface area (Å²) in [6.45, 7) is -0.00863. The number of benzene rings is 2. The van der Waals surface area contributed by atoms with Crippen LogP contribution in [-0.4, -0.2) is 7.05 Å². The summed E-state index contributed by atoms with van der Waals surface area (Å²) in [4.78, 5) is 0. The first-order valence-electron chi connectivity index (χ1n) is 6.21. The lowest BCUT2D eigenvalue weighted by molar-refractivity contribution is 0.274. The van der Waals surface area contributed by atoms with Crippen molar-refractivity contribution in [1.82, 2.24) is 5.32 Å². The number of nitrogens with one attached hydrogen (secondary N) is 1. The molecule has 0 saturated heterocycles. The number of para-hydroxylation sites is 1. The molecule has 6 heteroatoms. The fourth-order valence-corrected chi connectivity index (χ4v) is 2.26. The van der Waals surface area contributed by atoms with Gasteiger partial charge in [-0.15, -0.1) is 0 Å². The molecule has 0 radical (unpaired) electrons. The van der Waals surface area contributed by atoms with Crippen LogP contribution in [0.5, 0.6) is 5.75 Å². The highest BCUT2D eigenvalue weighted by atomic mass is 79.9. The second-order valence-electron chi connectivity index (χ2n) is 4.37. The molecular formula is C15H13BrF3NO. The van der Waals surface area contributed by atoms with E-state index in [4.69, 9.17) is 4.74 Å². The minimum Gasteiger partial charge on any atom is -0.485 e. The molecule has 2 nitrogen and oxygen atoms in total. The van der Waals surface area contributed by atoms with Crippen LogP contribution in [0.25, 0.3) is 0 Å². The molecule has 2 aromatic rings. The van der Waals surface area contributed by atoms with Crippen LogP contribution in [0.1, 0.15) is 11.1 Å². The predicted molar refractivity (Wildman–Crippen MR) is 77.6 cm³/mol. The highest BCUT2D eigenvalue weighted by Gasteiger charge is 2.15. The molecule has 0 aliphatic carbocycles. The minimum absolute atomic E-state index is 0.00868. The van der Waals surface area contributed by atoms with Crippen LogP contribution in [0.15, 0.2) is 34.8 Å². The quantitative estimate of drug-likeness (QED) is 0.809. The Kier molecular flexibility index (Phi) is 5.25. The van der Waals surface area contributed by atoms with Gasteiger partial charge in [0.05, 0.1) is 10.0 Å². The third kappa shape index (κ3) is 3.57. The zero-order valence-corrected chi connectivity index (χ0v) is 12.8. The monoisotopic (exact) mass is 359 g/mol. The molecule has 0 saturated carbocycles. The topological polar surface area (TPSA) is 21.3 Å². The first-order valence-corrected chi connectivity index (χ1v) is 7.01. The average molecular weight is 360 g/mol. The Bertz CT molecular complexity index is 649. The molecule has 0 aromatic heterocycles. The number of halogens is 4. The van der Waals surface area contributed by atoms with Crippen molar-refractivity contribution in [3.05, 3.63) is 63.4 Å². The highest BCUT2D eigenvalue weighted by Crippen LogP contribution is 2.26. The summed E-state index contributed by atoms with van der Waals surface area (Å²) in [5.74, 6) is -2.06. The highest BCUT2D eigenvalue weighted by molar-refractivity contribution is 9.10. The van der Waals surface area contributed by atoms with Gasteiger partial charge >= 0.3 is 0 Å². The van der Waals surface area contributed by atoms with Gasteiger partial charge in [-0.05, 0) is 41.2 Å². The van der Waals surface area contributed by atoms with Gasteiger partial charge < -0.3 is 10.1 Å². The molecule has 0 fully saturated rings. The molecule has 2 aromatic carbocycles. The van der Waals surface area contributed by atoms with E-state index >= 15 is 0 Å². The number of hydrogen-bond donors (Lipinski definition) is 1. The van der Waals surface area contributed by atoms with Crippen LogP contribution in [0.2, 0.25) is 0 Å².